The summed E-state index contributed by atoms with van der Waals surface area (Å²) in [5.74, 6) is 0.610. The number of non-ortho nitro benzene ring substituents is 1. The largest absolute Gasteiger partial charge is 0.507 e. The number of phenols is 1. The minimum atomic E-state index is -0.519. The number of benzene rings is 2. The molecule has 1 heterocycles. The molecule has 0 saturated heterocycles. The fourth-order valence-electron chi connectivity index (χ4n) is 2.16. The molecular weight excluding hydrogens is 284 g/mol. The molecule has 1 aromatic heterocycles. The number of aryl methyl sites for hydroxylation is 1. The molecule has 0 atom stereocenters. The number of imidazole rings is 1. The first kappa shape index (κ1) is 13.7. The van der Waals surface area contributed by atoms with E-state index in [1.807, 2.05) is 31.2 Å². The van der Waals surface area contributed by atoms with Crippen LogP contribution in [0.2, 0.25) is 0 Å². The Bertz CT molecular complexity index is 899. The Labute approximate surface area is 125 Å². The second kappa shape index (κ2) is 5.28. The molecule has 1 N–H and O–H groups in total. The van der Waals surface area contributed by atoms with Crippen LogP contribution in [0.5, 0.6) is 5.75 Å². The summed E-state index contributed by atoms with van der Waals surface area (Å²) in [5, 5.41) is 24.9. The highest BCUT2D eigenvalue weighted by Crippen LogP contribution is 2.22. The van der Waals surface area contributed by atoms with Gasteiger partial charge < -0.3 is 5.11 Å². The van der Waals surface area contributed by atoms with Gasteiger partial charge in [0.05, 0.1) is 22.2 Å². The van der Waals surface area contributed by atoms with Gasteiger partial charge in [-0.05, 0) is 25.1 Å². The Morgan fingerprint density at radius 3 is 2.86 bits per heavy atom. The SMILES string of the molecule is Cc1nc2ccccc2n1/N=C/c1cc([N+](=O)[O-])ccc1O. The number of phenolic OH excluding ortho intramolecular Hbond substituents is 1. The lowest BCUT2D eigenvalue weighted by Gasteiger charge is -2.01. The van der Waals surface area contributed by atoms with Gasteiger partial charge in [-0.1, -0.05) is 12.1 Å². The number of para-hydroxylation sites is 2. The van der Waals surface area contributed by atoms with Crippen LogP contribution in [0.3, 0.4) is 0 Å². The van der Waals surface area contributed by atoms with Crippen LogP contribution < -0.4 is 0 Å². The van der Waals surface area contributed by atoms with E-state index in [9.17, 15) is 15.2 Å². The molecule has 0 aliphatic rings. The van der Waals surface area contributed by atoms with Crippen LogP contribution in [0, 0.1) is 17.0 Å². The molecular formula is C15H12N4O3. The van der Waals surface area contributed by atoms with Crippen molar-refractivity contribution in [2.75, 3.05) is 0 Å². The van der Waals surface area contributed by atoms with Crippen molar-refractivity contribution in [2.24, 2.45) is 5.10 Å². The summed E-state index contributed by atoms with van der Waals surface area (Å²) >= 11 is 0. The third-order valence-corrected chi connectivity index (χ3v) is 3.23. The zero-order valence-electron chi connectivity index (χ0n) is 11.7. The van der Waals surface area contributed by atoms with Gasteiger partial charge >= 0.3 is 0 Å². The lowest BCUT2D eigenvalue weighted by molar-refractivity contribution is -0.384. The quantitative estimate of drug-likeness (QED) is 0.457. The predicted molar refractivity (Wildman–Crippen MR) is 82.2 cm³/mol. The van der Waals surface area contributed by atoms with Crippen molar-refractivity contribution >= 4 is 22.9 Å². The normalized spacial score (nSPS) is 11.3. The number of nitro groups is 1. The number of aromatic hydroxyl groups is 1. The molecule has 3 aromatic rings. The number of aromatic nitrogens is 2. The van der Waals surface area contributed by atoms with Gasteiger partial charge in [0, 0.05) is 17.7 Å². The van der Waals surface area contributed by atoms with Crippen molar-refractivity contribution < 1.29 is 10.0 Å². The monoisotopic (exact) mass is 296 g/mol. The van der Waals surface area contributed by atoms with Crippen molar-refractivity contribution in [1.82, 2.24) is 9.66 Å². The van der Waals surface area contributed by atoms with Crippen molar-refractivity contribution in [2.45, 2.75) is 6.92 Å². The predicted octanol–water partition coefficient (Wildman–Crippen LogP) is 2.84. The first-order valence-corrected chi connectivity index (χ1v) is 6.52. The van der Waals surface area contributed by atoms with Gasteiger partial charge in [0.2, 0.25) is 0 Å². The van der Waals surface area contributed by atoms with Crippen LogP contribution in [-0.4, -0.2) is 25.9 Å². The number of hydrogen-bond donors (Lipinski definition) is 1. The summed E-state index contributed by atoms with van der Waals surface area (Å²) in [6.07, 6.45) is 1.38. The molecule has 0 fully saturated rings. The summed E-state index contributed by atoms with van der Waals surface area (Å²) in [7, 11) is 0. The molecule has 0 aliphatic heterocycles. The standard InChI is InChI=1S/C15H12N4O3/c1-10-17-13-4-2-3-5-14(13)18(10)16-9-11-8-12(19(21)22)6-7-15(11)20/h2-9,20H,1H3/b16-9+. The van der Waals surface area contributed by atoms with Gasteiger partial charge in [0.15, 0.2) is 0 Å². The van der Waals surface area contributed by atoms with Crippen molar-refractivity contribution in [3.63, 3.8) is 0 Å². The molecule has 22 heavy (non-hydrogen) atoms. The van der Waals surface area contributed by atoms with E-state index in [0.29, 0.717) is 5.82 Å². The highest BCUT2D eigenvalue weighted by atomic mass is 16.6. The maximum absolute atomic E-state index is 10.8. The fourth-order valence-corrected chi connectivity index (χ4v) is 2.16. The topological polar surface area (TPSA) is 93.5 Å². The van der Waals surface area contributed by atoms with Gasteiger partial charge in [-0.25, -0.2) is 9.66 Å². The number of hydrogen-bond acceptors (Lipinski definition) is 5. The Morgan fingerprint density at radius 2 is 2.09 bits per heavy atom. The summed E-state index contributed by atoms with van der Waals surface area (Å²) in [4.78, 5) is 14.6. The Balaban J connectivity index is 2.05. The summed E-state index contributed by atoms with van der Waals surface area (Å²) in [6.45, 7) is 1.81. The highest BCUT2D eigenvalue weighted by Gasteiger charge is 2.09. The van der Waals surface area contributed by atoms with Crippen LogP contribution >= 0.6 is 0 Å². The van der Waals surface area contributed by atoms with E-state index in [-0.39, 0.29) is 17.0 Å². The lowest BCUT2D eigenvalue weighted by Crippen LogP contribution is -1.95. The minimum Gasteiger partial charge on any atom is -0.507 e. The van der Waals surface area contributed by atoms with Crippen molar-refractivity contribution in [1.29, 1.82) is 0 Å². The zero-order chi connectivity index (χ0) is 15.7. The van der Waals surface area contributed by atoms with E-state index in [4.69, 9.17) is 0 Å². The van der Waals surface area contributed by atoms with Crippen LogP contribution in [0.25, 0.3) is 11.0 Å². The van der Waals surface area contributed by atoms with E-state index >= 15 is 0 Å². The number of fused-ring (bicyclic) bond motifs is 1. The van der Waals surface area contributed by atoms with Gasteiger partial charge in [-0.3, -0.25) is 10.1 Å². The van der Waals surface area contributed by atoms with Gasteiger partial charge in [0.1, 0.15) is 11.6 Å². The first-order chi connectivity index (χ1) is 10.6. The molecule has 0 saturated carbocycles. The number of rotatable bonds is 3. The maximum Gasteiger partial charge on any atom is 0.270 e. The van der Waals surface area contributed by atoms with E-state index in [2.05, 4.69) is 10.1 Å². The van der Waals surface area contributed by atoms with Gasteiger partial charge in [-0.2, -0.15) is 5.10 Å². The van der Waals surface area contributed by atoms with Crippen LogP contribution in [0.15, 0.2) is 47.6 Å². The Hall–Kier alpha value is -3.22. The average Bonchev–Trinajstić information content (AvgIpc) is 2.81. The van der Waals surface area contributed by atoms with E-state index < -0.39 is 4.92 Å². The molecule has 0 radical (unpaired) electrons. The smallest absolute Gasteiger partial charge is 0.270 e. The third-order valence-electron chi connectivity index (χ3n) is 3.23. The van der Waals surface area contributed by atoms with E-state index in [1.165, 1.54) is 24.4 Å². The van der Waals surface area contributed by atoms with E-state index in [1.54, 1.807) is 4.68 Å². The summed E-state index contributed by atoms with van der Waals surface area (Å²) in [5.41, 5.74) is 1.79. The maximum atomic E-state index is 10.8. The van der Waals surface area contributed by atoms with Crippen molar-refractivity contribution in [3.8, 4) is 5.75 Å². The second-order valence-electron chi connectivity index (χ2n) is 4.70. The molecule has 110 valence electrons. The van der Waals surface area contributed by atoms with Crippen LogP contribution in [0.4, 0.5) is 5.69 Å². The first-order valence-electron chi connectivity index (χ1n) is 6.52. The fraction of sp³-hybridized carbons (Fsp3) is 0.0667. The molecule has 7 nitrogen and oxygen atoms in total. The Kier molecular flexibility index (Phi) is 3.30. The number of nitro benzene ring substituents is 1. The molecule has 7 heteroatoms. The third kappa shape index (κ3) is 2.39. The molecule has 2 aromatic carbocycles. The molecule has 3 rings (SSSR count). The summed E-state index contributed by atoms with van der Waals surface area (Å²) in [6, 6.07) is 11.3. The molecule has 0 unspecified atom stereocenters. The zero-order valence-corrected chi connectivity index (χ0v) is 11.7. The molecule has 0 aliphatic carbocycles. The lowest BCUT2D eigenvalue weighted by atomic mass is 10.2. The van der Waals surface area contributed by atoms with E-state index in [0.717, 1.165) is 11.0 Å². The number of nitrogens with zero attached hydrogens (tertiary/aromatic N) is 4. The van der Waals surface area contributed by atoms with Crippen molar-refractivity contribution in [3.05, 3.63) is 64.0 Å². The van der Waals surface area contributed by atoms with Crippen LogP contribution in [0.1, 0.15) is 11.4 Å². The Morgan fingerprint density at radius 1 is 1.32 bits per heavy atom. The summed E-state index contributed by atoms with van der Waals surface area (Å²) < 4.78 is 1.62. The molecule has 0 amide bonds. The molecule has 0 bridgehead atoms. The van der Waals surface area contributed by atoms with Gasteiger partial charge in [-0.15, -0.1) is 0 Å². The molecule has 0 spiro atoms. The highest BCUT2D eigenvalue weighted by molar-refractivity contribution is 5.85. The minimum absolute atomic E-state index is 0.0728. The average molecular weight is 296 g/mol. The second-order valence-corrected chi connectivity index (χ2v) is 4.70. The van der Waals surface area contributed by atoms with Crippen LogP contribution in [-0.2, 0) is 0 Å². The van der Waals surface area contributed by atoms with Gasteiger partial charge in [0.25, 0.3) is 5.69 Å².